The van der Waals surface area contributed by atoms with Gasteiger partial charge in [0.05, 0.1) is 22.0 Å². The minimum Gasteiger partial charge on any atom is -0.271 e. The summed E-state index contributed by atoms with van der Waals surface area (Å²) in [4.78, 5) is 27.0. The van der Waals surface area contributed by atoms with Crippen molar-refractivity contribution >= 4 is 34.9 Å². The highest BCUT2D eigenvalue weighted by Crippen LogP contribution is 2.24. The normalized spacial score (nSPS) is 17.4. The Morgan fingerprint density at radius 1 is 1.21 bits per heavy atom. The number of benzene rings is 2. The highest BCUT2D eigenvalue weighted by molar-refractivity contribution is 6.23. The van der Waals surface area contributed by atoms with E-state index in [1.54, 1.807) is 31.2 Å². The summed E-state index contributed by atoms with van der Waals surface area (Å²) in [6, 6.07) is 15.1. The molecule has 0 N–H and O–H groups in total. The largest absolute Gasteiger partial charge is 0.271 e. The van der Waals surface area contributed by atoms with E-state index < -0.39 is 10.8 Å². The number of hydrogen-bond acceptors (Lipinski definition) is 5. The lowest BCUT2D eigenvalue weighted by molar-refractivity contribution is -0.384. The number of nitrogens with zero attached hydrogens (tertiary/aromatic N) is 4. The van der Waals surface area contributed by atoms with Crippen molar-refractivity contribution in [2.24, 2.45) is 16.0 Å². The maximum atomic E-state index is 12.5. The van der Waals surface area contributed by atoms with Crippen molar-refractivity contribution in [3.05, 3.63) is 64.7 Å². The van der Waals surface area contributed by atoms with Crippen molar-refractivity contribution in [3.8, 4) is 0 Å². The van der Waals surface area contributed by atoms with Gasteiger partial charge in [-0.25, -0.2) is 0 Å². The lowest BCUT2D eigenvalue weighted by atomic mass is 10.1. The van der Waals surface area contributed by atoms with Crippen LogP contribution in [0.2, 0.25) is 0 Å². The summed E-state index contributed by atoms with van der Waals surface area (Å²) in [6.07, 6.45) is 1.48. The van der Waals surface area contributed by atoms with Crippen LogP contribution in [-0.4, -0.2) is 22.8 Å². The Hall–Kier alpha value is -3.35. The summed E-state index contributed by atoms with van der Waals surface area (Å²) in [5.41, 5.74) is 1.69. The number of para-hydroxylation sites is 1. The minimum absolute atomic E-state index is 0.0429. The molecule has 2 aromatic carbocycles. The van der Waals surface area contributed by atoms with Gasteiger partial charge in [0.25, 0.3) is 11.6 Å². The first kappa shape index (κ1) is 15.5. The van der Waals surface area contributed by atoms with Crippen molar-refractivity contribution in [3.63, 3.8) is 0 Å². The van der Waals surface area contributed by atoms with Crippen LogP contribution >= 0.6 is 0 Å². The molecule has 0 saturated heterocycles. The van der Waals surface area contributed by atoms with Crippen LogP contribution in [0.15, 0.2) is 64.7 Å². The molecule has 0 unspecified atom stereocenters. The van der Waals surface area contributed by atoms with Gasteiger partial charge in [-0.1, -0.05) is 24.3 Å². The van der Waals surface area contributed by atoms with E-state index in [0.717, 1.165) is 0 Å². The average Bonchev–Trinajstić information content (AvgIpc) is 2.88. The number of non-ortho nitro benzene ring substituents is 1. The molecular formula is C17H14N4O3. The summed E-state index contributed by atoms with van der Waals surface area (Å²) in [5, 5.41) is 16.4. The third kappa shape index (κ3) is 3.05. The van der Waals surface area contributed by atoms with Gasteiger partial charge in [0.1, 0.15) is 5.92 Å². The fourth-order valence-corrected chi connectivity index (χ4v) is 2.35. The first-order valence-corrected chi connectivity index (χ1v) is 7.29. The quantitative estimate of drug-likeness (QED) is 0.491. The second-order valence-electron chi connectivity index (χ2n) is 5.26. The molecule has 0 aliphatic carbocycles. The number of hydrogen-bond donors (Lipinski definition) is 0. The molecule has 0 saturated carbocycles. The van der Waals surface area contributed by atoms with E-state index in [-0.39, 0.29) is 11.6 Å². The van der Waals surface area contributed by atoms with Crippen LogP contribution in [0.3, 0.4) is 0 Å². The number of nitro benzene ring substituents is 1. The van der Waals surface area contributed by atoms with Crippen LogP contribution in [0, 0.1) is 16.0 Å². The van der Waals surface area contributed by atoms with Gasteiger partial charge in [0, 0.05) is 18.3 Å². The number of carbonyl (C=O) groups is 1. The predicted octanol–water partition coefficient (Wildman–Crippen LogP) is 3.34. The third-order valence-corrected chi connectivity index (χ3v) is 3.60. The minimum atomic E-state index is -0.579. The maximum Gasteiger partial charge on any atom is 0.271 e. The van der Waals surface area contributed by atoms with E-state index >= 15 is 0 Å². The molecule has 3 rings (SSSR count). The number of nitro groups is 1. The number of anilines is 1. The molecule has 24 heavy (non-hydrogen) atoms. The maximum absolute atomic E-state index is 12.5. The molecule has 7 nitrogen and oxygen atoms in total. The Balaban J connectivity index is 1.81. The van der Waals surface area contributed by atoms with E-state index in [1.165, 1.54) is 23.4 Å². The van der Waals surface area contributed by atoms with Crippen molar-refractivity contribution < 1.29 is 9.72 Å². The Bertz CT molecular complexity index is 846. The Morgan fingerprint density at radius 3 is 2.67 bits per heavy atom. The average molecular weight is 322 g/mol. The highest BCUT2D eigenvalue weighted by Gasteiger charge is 2.33. The summed E-state index contributed by atoms with van der Waals surface area (Å²) >= 11 is 0. The number of hydrazone groups is 1. The standard InChI is InChI=1S/C17H14N4O3/c1-12-16(11-18-13-6-5-9-15(10-13)21(23)24)17(22)20(19-12)14-7-3-2-4-8-14/h2-11,16H,1H3/t16-/m1/s1. The molecule has 0 bridgehead atoms. The SMILES string of the molecule is CC1=NN(c2ccccc2)C(=O)[C@@H]1C=Nc1cccc([N+](=O)[O-])c1. The first-order chi connectivity index (χ1) is 11.6. The van der Waals surface area contributed by atoms with Crippen molar-refractivity contribution in [2.75, 3.05) is 5.01 Å². The molecule has 0 fully saturated rings. The second-order valence-corrected chi connectivity index (χ2v) is 5.26. The zero-order valence-electron chi connectivity index (χ0n) is 12.9. The van der Waals surface area contributed by atoms with Gasteiger partial charge in [-0.15, -0.1) is 0 Å². The highest BCUT2D eigenvalue weighted by atomic mass is 16.6. The number of aliphatic imine (C=N–C) groups is 1. The third-order valence-electron chi connectivity index (χ3n) is 3.60. The van der Waals surface area contributed by atoms with Crippen LogP contribution in [0.5, 0.6) is 0 Å². The molecule has 120 valence electrons. The second kappa shape index (κ2) is 6.41. The van der Waals surface area contributed by atoms with Gasteiger partial charge >= 0.3 is 0 Å². The van der Waals surface area contributed by atoms with Gasteiger partial charge in [0.15, 0.2) is 0 Å². The molecule has 1 aliphatic heterocycles. The zero-order chi connectivity index (χ0) is 17.1. The van der Waals surface area contributed by atoms with Crippen molar-refractivity contribution in [2.45, 2.75) is 6.92 Å². The van der Waals surface area contributed by atoms with Gasteiger partial charge in [0.2, 0.25) is 0 Å². The molecule has 0 spiro atoms. The van der Waals surface area contributed by atoms with Gasteiger partial charge in [-0.3, -0.25) is 19.9 Å². The van der Waals surface area contributed by atoms with Crippen molar-refractivity contribution in [1.82, 2.24) is 0 Å². The summed E-state index contributed by atoms with van der Waals surface area (Å²) in [7, 11) is 0. The van der Waals surface area contributed by atoms with E-state index in [4.69, 9.17) is 0 Å². The fraction of sp³-hybridized carbons (Fsp3) is 0.118. The van der Waals surface area contributed by atoms with Crippen LogP contribution in [0.4, 0.5) is 17.1 Å². The lowest BCUT2D eigenvalue weighted by Crippen LogP contribution is -2.27. The Labute approximate surface area is 138 Å². The molecule has 2 aromatic rings. The fourth-order valence-electron chi connectivity index (χ4n) is 2.35. The number of amides is 1. The Kier molecular flexibility index (Phi) is 4.15. The van der Waals surface area contributed by atoms with E-state index in [2.05, 4.69) is 10.1 Å². The molecule has 7 heteroatoms. The predicted molar refractivity (Wildman–Crippen MR) is 91.8 cm³/mol. The van der Waals surface area contributed by atoms with Gasteiger partial charge in [-0.2, -0.15) is 10.1 Å². The monoisotopic (exact) mass is 322 g/mol. The van der Waals surface area contributed by atoms with E-state index in [1.807, 2.05) is 18.2 Å². The Morgan fingerprint density at radius 2 is 1.96 bits per heavy atom. The van der Waals surface area contributed by atoms with Gasteiger partial charge < -0.3 is 0 Å². The van der Waals surface area contributed by atoms with Crippen LogP contribution in [0.25, 0.3) is 0 Å². The summed E-state index contributed by atoms with van der Waals surface area (Å²) in [6.45, 7) is 1.75. The van der Waals surface area contributed by atoms with Gasteiger partial charge in [-0.05, 0) is 25.1 Å². The van der Waals surface area contributed by atoms with Crippen molar-refractivity contribution in [1.29, 1.82) is 0 Å². The zero-order valence-corrected chi connectivity index (χ0v) is 12.9. The molecule has 0 radical (unpaired) electrons. The number of rotatable bonds is 4. The molecule has 1 aliphatic rings. The van der Waals surface area contributed by atoms with E-state index in [9.17, 15) is 14.9 Å². The van der Waals surface area contributed by atoms with Crippen LogP contribution in [0.1, 0.15) is 6.92 Å². The first-order valence-electron chi connectivity index (χ1n) is 7.29. The smallest absolute Gasteiger partial charge is 0.271 e. The topological polar surface area (TPSA) is 88.2 Å². The molecule has 1 heterocycles. The molecule has 0 aromatic heterocycles. The summed E-state index contributed by atoms with van der Waals surface area (Å²) in [5.74, 6) is -0.780. The molecule has 1 amide bonds. The van der Waals surface area contributed by atoms with Crippen LogP contribution < -0.4 is 5.01 Å². The van der Waals surface area contributed by atoms with E-state index in [0.29, 0.717) is 17.1 Å². The summed E-state index contributed by atoms with van der Waals surface area (Å²) < 4.78 is 0. The molecular weight excluding hydrogens is 308 g/mol. The molecule has 1 atom stereocenters. The number of carbonyl (C=O) groups excluding carboxylic acids is 1. The lowest BCUT2D eigenvalue weighted by Gasteiger charge is -2.12. The van der Waals surface area contributed by atoms with Crippen LogP contribution in [-0.2, 0) is 4.79 Å².